The second kappa shape index (κ2) is 11.6. The highest BCUT2D eigenvalue weighted by atomic mass is 35.5. The molecule has 41 heavy (non-hydrogen) atoms. The van der Waals surface area contributed by atoms with Gasteiger partial charge in [-0.15, -0.1) is 5.10 Å². The Labute approximate surface area is 242 Å². The lowest BCUT2D eigenvalue weighted by Crippen LogP contribution is -2.28. The lowest BCUT2D eigenvalue weighted by Gasteiger charge is -2.19. The number of nitrogens with one attached hydrogen (secondary N) is 2. The molecule has 1 atom stereocenters. The van der Waals surface area contributed by atoms with Crippen molar-refractivity contribution in [3.63, 3.8) is 0 Å². The Hall–Kier alpha value is -4.49. The molecule has 14 heteroatoms. The number of halogens is 2. The quantitative estimate of drug-likeness (QED) is 0.259. The molecule has 0 fully saturated rings. The number of aryl methyl sites for hydroxylation is 1. The van der Waals surface area contributed by atoms with Crippen molar-refractivity contribution in [1.82, 2.24) is 34.2 Å². The lowest BCUT2D eigenvalue weighted by atomic mass is 9.96. The molecule has 0 aliphatic heterocycles. The number of rotatable bonds is 9. The third-order valence-corrected chi connectivity index (χ3v) is 7.50. The van der Waals surface area contributed by atoms with Gasteiger partial charge in [0.1, 0.15) is 23.0 Å². The maximum absolute atomic E-state index is 14.3. The van der Waals surface area contributed by atoms with E-state index in [1.165, 1.54) is 45.9 Å². The van der Waals surface area contributed by atoms with E-state index in [4.69, 9.17) is 11.6 Å². The van der Waals surface area contributed by atoms with Crippen LogP contribution in [0.2, 0.25) is 5.02 Å². The predicted octanol–water partition coefficient (Wildman–Crippen LogP) is 4.34. The smallest absolute Gasteiger partial charge is 0.287 e. The second-order valence-electron chi connectivity index (χ2n) is 9.39. The molecule has 0 unspecified atom stereocenters. The number of carbonyl (C=O) groups excluding carboxylic acids is 3. The van der Waals surface area contributed by atoms with Crippen molar-refractivity contribution in [2.45, 2.75) is 32.9 Å². The van der Waals surface area contributed by atoms with Crippen LogP contribution in [0.3, 0.4) is 0 Å². The third-order valence-electron chi connectivity index (χ3n) is 6.33. The van der Waals surface area contributed by atoms with E-state index in [2.05, 4.69) is 30.3 Å². The number of carbonyl (C=O) groups is 3. The molecule has 2 aromatic carbocycles. The summed E-state index contributed by atoms with van der Waals surface area (Å²) in [5.74, 6) is -2.75. The first kappa shape index (κ1) is 28.1. The van der Waals surface area contributed by atoms with Crippen molar-refractivity contribution in [1.29, 1.82) is 0 Å². The van der Waals surface area contributed by atoms with E-state index >= 15 is 0 Å². The van der Waals surface area contributed by atoms with E-state index in [1.54, 1.807) is 32.3 Å². The molecule has 5 rings (SSSR count). The van der Waals surface area contributed by atoms with Crippen molar-refractivity contribution < 1.29 is 18.8 Å². The normalized spacial score (nSPS) is 11.9. The molecule has 210 valence electrons. The Balaban J connectivity index is 1.60. The molecule has 2 amide bonds. The fourth-order valence-corrected chi connectivity index (χ4v) is 5.54. The van der Waals surface area contributed by atoms with Crippen LogP contribution in [-0.2, 0) is 24.9 Å². The van der Waals surface area contributed by atoms with Crippen LogP contribution >= 0.6 is 23.1 Å². The summed E-state index contributed by atoms with van der Waals surface area (Å²) in [6.07, 6.45) is 1.64. The number of benzene rings is 2. The number of aromatic nitrogens is 6. The molecule has 5 aromatic rings. The minimum atomic E-state index is -0.686. The van der Waals surface area contributed by atoms with Crippen LogP contribution in [0.5, 0.6) is 0 Å². The Bertz CT molecular complexity index is 1800. The summed E-state index contributed by atoms with van der Waals surface area (Å²) in [5.41, 5.74) is 1.38. The van der Waals surface area contributed by atoms with Gasteiger partial charge in [-0.2, -0.15) is 4.37 Å². The molecule has 0 aliphatic carbocycles. The summed E-state index contributed by atoms with van der Waals surface area (Å²) in [4.78, 5) is 43.7. The van der Waals surface area contributed by atoms with Crippen LogP contribution in [-0.4, -0.2) is 46.5 Å². The Kier molecular flexibility index (Phi) is 7.90. The highest BCUT2D eigenvalue weighted by molar-refractivity contribution is 7.13. The summed E-state index contributed by atoms with van der Waals surface area (Å²) in [6.45, 7) is 2.91. The zero-order valence-electron chi connectivity index (χ0n) is 22.2. The summed E-state index contributed by atoms with van der Waals surface area (Å²) in [6, 6.07) is 11.2. The SMILES string of the molecule is CC(=O)Cn1c(C(=O)NCc2cn(C)nn2)nc(NC(=O)c2nsc3ccccc23)c1[C@@H](C)c1cc(F)ccc1Cl. The molecule has 0 bridgehead atoms. The standard InChI is InChI=1S/C27H24ClFN8O3S/c1-14(38)12-37-23(15(2)19-10-16(29)8-9-20(19)28)24(31-25(37)27(40)30-11-17-13-36(3)35-33-17)32-26(39)22-18-6-4-5-7-21(18)41-34-22/h4-10,13,15H,11-12H2,1-3H3,(H,30,40)(H,32,39)/t15-/m0/s1. The summed E-state index contributed by atoms with van der Waals surface area (Å²) in [5, 5.41) is 14.2. The van der Waals surface area contributed by atoms with E-state index in [0.717, 1.165) is 4.70 Å². The van der Waals surface area contributed by atoms with Gasteiger partial charge in [-0.1, -0.05) is 41.9 Å². The van der Waals surface area contributed by atoms with Gasteiger partial charge in [0, 0.05) is 29.6 Å². The molecule has 0 spiro atoms. The molecule has 11 nitrogen and oxygen atoms in total. The van der Waals surface area contributed by atoms with Gasteiger partial charge in [-0.05, 0) is 48.3 Å². The van der Waals surface area contributed by atoms with Crippen molar-refractivity contribution in [3.05, 3.63) is 88.0 Å². The Morgan fingerprint density at radius 3 is 2.66 bits per heavy atom. The average molecular weight is 595 g/mol. The second-order valence-corrected chi connectivity index (χ2v) is 10.6. The zero-order valence-corrected chi connectivity index (χ0v) is 23.8. The van der Waals surface area contributed by atoms with Gasteiger partial charge in [0.2, 0.25) is 5.82 Å². The van der Waals surface area contributed by atoms with Gasteiger partial charge in [0.25, 0.3) is 11.8 Å². The number of hydrogen-bond acceptors (Lipinski definition) is 8. The van der Waals surface area contributed by atoms with E-state index in [9.17, 15) is 18.8 Å². The summed E-state index contributed by atoms with van der Waals surface area (Å²) < 4.78 is 22.3. The topological polar surface area (TPSA) is 137 Å². The molecule has 3 aromatic heterocycles. The van der Waals surface area contributed by atoms with Crippen LogP contribution in [0.25, 0.3) is 10.1 Å². The van der Waals surface area contributed by atoms with Gasteiger partial charge in [0.15, 0.2) is 5.82 Å². The van der Waals surface area contributed by atoms with E-state index in [1.807, 2.05) is 12.1 Å². The molecule has 0 saturated heterocycles. The molecule has 3 heterocycles. The van der Waals surface area contributed by atoms with Crippen molar-refractivity contribution in [2.24, 2.45) is 7.05 Å². The molecular weight excluding hydrogens is 571 g/mol. The zero-order chi connectivity index (χ0) is 29.3. The molecule has 2 N–H and O–H groups in total. The van der Waals surface area contributed by atoms with Crippen LogP contribution < -0.4 is 10.6 Å². The minimum absolute atomic E-state index is 0.0193. The van der Waals surface area contributed by atoms with E-state index < -0.39 is 23.5 Å². The summed E-state index contributed by atoms with van der Waals surface area (Å²) in [7, 11) is 1.70. The number of ketones is 1. The van der Waals surface area contributed by atoms with Gasteiger partial charge < -0.3 is 15.2 Å². The van der Waals surface area contributed by atoms with Gasteiger partial charge in [0.05, 0.1) is 23.5 Å². The minimum Gasteiger partial charge on any atom is -0.344 e. The summed E-state index contributed by atoms with van der Waals surface area (Å²) >= 11 is 7.61. The van der Waals surface area contributed by atoms with Crippen LogP contribution in [0.4, 0.5) is 10.2 Å². The van der Waals surface area contributed by atoms with Crippen molar-refractivity contribution >= 4 is 56.6 Å². The lowest BCUT2D eigenvalue weighted by molar-refractivity contribution is -0.117. The number of imidazole rings is 1. The highest BCUT2D eigenvalue weighted by Crippen LogP contribution is 2.36. The van der Waals surface area contributed by atoms with Gasteiger partial charge in [-0.25, -0.2) is 9.37 Å². The van der Waals surface area contributed by atoms with Gasteiger partial charge >= 0.3 is 0 Å². The molecule has 0 aliphatic rings. The molecule has 0 saturated carbocycles. The van der Waals surface area contributed by atoms with Crippen molar-refractivity contribution in [3.8, 4) is 0 Å². The van der Waals surface area contributed by atoms with Crippen molar-refractivity contribution in [2.75, 3.05) is 5.32 Å². The van der Waals surface area contributed by atoms with Crippen LogP contribution in [0, 0.1) is 5.82 Å². The Morgan fingerprint density at radius 2 is 1.93 bits per heavy atom. The number of amides is 2. The van der Waals surface area contributed by atoms with Gasteiger partial charge in [-0.3, -0.25) is 19.1 Å². The molecular formula is C27H24ClFN8O3S. The highest BCUT2D eigenvalue weighted by Gasteiger charge is 2.30. The maximum atomic E-state index is 14.3. The monoisotopic (exact) mass is 594 g/mol. The number of Topliss-reactive ketones (excluding diaryl/α,β-unsaturated/α-hetero) is 1. The largest absolute Gasteiger partial charge is 0.344 e. The first-order valence-corrected chi connectivity index (χ1v) is 13.6. The average Bonchev–Trinajstić information content (AvgIpc) is 3.65. The predicted molar refractivity (Wildman–Crippen MR) is 152 cm³/mol. The first-order chi connectivity index (χ1) is 19.6. The maximum Gasteiger partial charge on any atom is 0.287 e. The molecule has 0 radical (unpaired) electrons. The fourth-order valence-electron chi connectivity index (χ4n) is 4.49. The van der Waals surface area contributed by atoms with E-state index in [0.29, 0.717) is 22.3 Å². The van der Waals surface area contributed by atoms with Crippen LogP contribution in [0.1, 0.15) is 57.8 Å². The number of anilines is 1. The number of hydrogen-bond donors (Lipinski definition) is 2. The van der Waals surface area contributed by atoms with Crippen LogP contribution in [0.15, 0.2) is 48.7 Å². The number of fused-ring (bicyclic) bond motifs is 1. The Morgan fingerprint density at radius 1 is 1.15 bits per heavy atom. The first-order valence-electron chi connectivity index (χ1n) is 12.5. The fraction of sp³-hybridized carbons (Fsp3) is 0.222. The number of nitrogens with zero attached hydrogens (tertiary/aromatic N) is 6. The van der Waals surface area contributed by atoms with E-state index in [-0.39, 0.29) is 41.2 Å². The third kappa shape index (κ3) is 5.86.